The molecule has 1 unspecified atom stereocenters. The molecule has 1 aliphatic heterocycles. The molecule has 1 heterocycles. The number of amides is 1. The van der Waals surface area contributed by atoms with Gasteiger partial charge in [-0.25, -0.2) is 0 Å². The molecule has 0 aromatic heterocycles. The highest BCUT2D eigenvalue weighted by Gasteiger charge is 2.45. The van der Waals surface area contributed by atoms with E-state index in [0.29, 0.717) is 42.2 Å². The average Bonchev–Trinajstić information content (AvgIpc) is 3.06. The van der Waals surface area contributed by atoms with Crippen LogP contribution in [0.5, 0.6) is 11.5 Å². The van der Waals surface area contributed by atoms with Crippen molar-refractivity contribution in [2.45, 2.75) is 32.7 Å². The summed E-state index contributed by atoms with van der Waals surface area (Å²) in [6.07, 6.45) is 1.50. The molecule has 1 saturated heterocycles. The maximum atomic E-state index is 13.0. The second-order valence-corrected chi connectivity index (χ2v) is 7.51. The van der Waals surface area contributed by atoms with E-state index >= 15 is 0 Å². The van der Waals surface area contributed by atoms with Crippen LogP contribution in [-0.4, -0.2) is 53.2 Å². The molecule has 1 amide bonds. The normalized spacial score (nSPS) is 17.6. The zero-order valence-electron chi connectivity index (χ0n) is 18.4. The van der Waals surface area contributed by atoms with Gasteiger partial charge >= 0.3 is 0 Å². The van der Waals surface area contributed by atoms with Gasteiger partial charge in [0.25, 0.3) is 11.7 Å². The van der Waals surface area contributed by atoms with Crippen LogP contribution in [0.15, 0.2) is 54.1 Å². The second-order valence-electron chi connectivity index (χ2n) is 7.51. The number of aliphatic hydroxyl groups is 2. The molecule has 32 heavy (non-hydrogen) atoms. The molecule has 7 nitrogen and oxygen atoms in total. The molecule has 2 N–H and O–H groups in total. The summed E-state index contributed by atoms with van der Waals surface area (Å²) in [5.41, 5.74) is 1.09. The summed E-state index contributed by atoms with van der Waals surface area (Å²) in [5.74, 6) is -0.514. The third kappa shape index (κ3) is 4.94. The first kappa shape index (κ1) is 23.3. The Hall–Kier alpha value is -3.32. The predicted octanol–water partition coefficient (Wildman–Crippen LogP) is 3.68. The Morgan fingerprint density at radius 3 is 2.34 bits per heavy atom. The third-order valence-electron chi connectivity index (χ3n) is 5.12. The zero-order valence-corrected chi connectivity index (χ0v) is 18.4. The van der Waals surface area contributed by atoms with E-state index in [-0.39, 0.29) is 24.5 Å². The summed E-state index contributed by atoms with van der Waals surface area (Å²) in [4.78, 5) is 27.3. The lowest BCUT2D eigenvalue weighted by Crippen LogP contribution is -2.30. The number of ether oxygens (including phenoxy) is 2. The van der Waals surface area contributed by atoms with Crippen LogP contribution in [0.1, 0.15) is 43.9 Å². The van der Waals surface area contributed by atoms with Gasteiger partial charge in [0, 0.05) is 12.1 Å². The molecule has 0 saturated carbocycles. The van der Waals surface area contributed by atoms with Gasteiger partial charge < -0.3 is 24.6 Å². The molecule has 1 atom stereocenters. The fourth-order valence-electron chi connectivity index (χ4n) is 3.74. The maximum absolute atomic E-state index is 13.0. The van der Waals surface area contributed by atoms with Crippen LogP contribution >= 0.6 is 0 Å². The Kier molecular flexibility index (Phi) is 7.89. The summed E-state index contributed by atoms with van der Waals surface area (Å²) in [5, 5.41) is 20.2. The quantitative estimate of drug-likeness (QED) is 0.333. The number of carbonyl (C=O) groups excluding carboxylic acids is 2. The first-order valence-electron chi connectivity index (χ1n) is 10.9. The van der Waals surface area contributed by atoms with Gasteiger partial charge in [-0.2, -0.15) is 0 Å². The molecule has 170 valence electrons. The monoisotopic (exact) mass is 439 g/mol. The van der Waals surface area contributed by atoms with Crippen molar-refractivity contribution < 1.29 is 29.3 Å². The van der Waals surface area contributed by atoms with Crippen molar-refractivity contribution in [2.75, 3.05) is 26.4 Å². The van der Waals surface area contributed by atoms with Crippen LogP contribution in [0.4, 0.5) is 0 Å². The summed E-state index contributed by atoms with van der Waals surface area (Å²) < 4.78 is 11.2. The highest BCUT2D eigenvalue weighted by molar-refractivity contribution is 6.46. The molecular weight excluding hydrogens is 410 g/mol. The molecule has 2 aromatic carbocycles. The number of carbonyl (C=O) groups is 2. The fourth-order valence-corrected chi connectivity index (χ4v) is 3.74. The lowest BCUT2D eigenvalue weighted by atomic mass is 9.95. The largest absolute Gasteiger partial charge is 0.507 e. The second kappa shape index (κ2) is 10.8. The highest BCUT2D eigenvalue weighted by atomic mass is 16.5. The van der Waals surface area contributed by atoms with Gasteiger partial charge in [-0.15, -0.1) is 0 Å². The van der Waals surface area contributed by atoms with E-state index in [4.69, 9.17) is 14.6 Å². The molecule has 2 aromatic rings. The van der Waals surface area contributed by atoms with E-state index in [1.807, 2.05) is 13.8 Å². The van der Waals surface area contributed by atoms with E-state index in [1.165, 1.54) is 4.90 Å². The van der Waals surface area contributed by atoms with Crippen LogP contribution < -0.4 is 9.47 Å². The van der Waals surface area contributed by atoms with Crippen LogP contribution in [0.2, 0.25) is 0 Å². The predicted molar refractivity (Wildman–Crippen MR) is 121 cm³/mol. The lowest BCUT2D eigenvalue weighted by Gasteiger charge is -2.25. The van der Waals surface area contributed by atoms with Crippen molar-refractivity contribution in [3.8, 4) is 11.5 Å². The van der Waals surface area contributed by atoms with Crippen molar-refractivity contribution >= 4 is 17.4 Å². The number of nitrogens with zero attached hydrogens (tertiary/aromatic N) is 1. The van der Waals surface area contributed by atoms with Crippen LogP contribution in [0.3, 0.4) is 0 Å². The minimum Gasteiger partial charge on any atom is -0.507 e. The van der Waals surface area contributed by atoms with Crippen molar-refractivity contribution in [2.24, 2.45) is 0 Å². The van der Waals surface area contributed by atoms with Gasteiger partial charge in [0.15, 0.2) is 0 Å². The number of benzene rings is 2. The number of likely N-dealkylation sites (tertiary alicyclic amines) is 1. The molecule has 0 aliphatic carbocycles. The molecule has 7 heteroatoms. The van der Waals surface area contributed by atoms with Gasteiger partial charge in [-0.3, -0.25) is 9.59 Å². The van der Waals surface area contributed by atoms with E-state index in [2.05, 4.69) is 0 Å². The Bertz CT molecular complexity index is 999. The van der Waals surface area contributed by atoms with E-state index in [9.17, 15) is 14.7 Å². The number of aliphatic hydroxyl groups excluding tert-OH is 2. The van der Waals surface area contributed by atoms with Crippen molar-refractivity contribution in [3.05, 3.63) is 65.2 Å². The van der Waals surface area contributed by atoms with E-state index in [0.717, 1.165) is 6.42 Å². The molecule has 1 aliphatic rings. The standard InChI is InChI=1S/C25H29NO6/c1-3-11-26-22(17-7-5-9-19(15-17)32-14-12-27)21(24(29)25(26)30)23(28)18-8-6-10-20(16-18)31-13-4-2/h5-10,15-16,22,27-28H,3-4,11-14H2,1-2H3/b23-21-. The van der Waals surface area contributed by atoms with Gasteiger partial charge in [0.1, 0.15) is 23.9 Å². The Morgan fingerprint density at radius 2 is 1.66 bits per heavy atom. The third-order valence-corrected chi connectivity index (χ3v) is 5.12. The van der Waals surface area contributed by atoms with Crippen LogP contribution in [0.25, 0.3) is 5.76 Å². The number of hydrogen-bond acceptors (Lipinski definition) is 6. The summed E-state index contributed by atoms with van der Waals surface area (Å²) in [6.45, 7) is 4.82. The van der Waals surface area contributed by atoms with Crippen molar-refractivity contribution in [1.82, 2.24) is 4.90 Å². The lowest BCUT2D eigenvalue weighted by molar-refractivity contribution is -0.139. The van der Waals surface area contributed by atoms with Gasteiger partial charge in [-0.05, 0) is 42.7 Å². The highest BCUT2D eigenvalue weighted by Crippen LogP contribution is 2.40. The van der Waals surface area contributed by atoms with Crippen molar-refractivity contribution in [1.29, 1.82) is 0 Å². The summed E-state index contributed by atoms with van der Waals surface area (Å²) in [7, 11) is 0. The molecule has 3 rings (SSSR count). The van der Waals surface area contributed by atoms with Gasteiger partial charge in [-0.1, -0.05) is 38.1 Å². The molecule has 1 fully saturated rings. The first-order valence-corrected chi connectivity index (χ1v) is 10.9. The van der Waals surface area contributed by atoms with Crippen LogP contribution in [0, 0.1) is 0 Å². The summed E-state index contributed by atoms with van der Waals surface area (Å²) in [6, 6.07) is 13.1. The Balaban J connectivity index is 2.09. The topological polar surface area (TPSA) is 96.3 Å². The van der Waals surface area contributed by atoms with Gasteiger partial charge in [0.05, 0.1) is 24.8 Å². The number of ketones is 1. The minimum absolute atomic E-state index is 0.0374. The minimum atomic E-state index is -0.743. The zero-order chi connectivity index (χ0) is 23.1. The fraction of sp³-hybridized carbons (Fsp3) is 0.360. The molecular formula is C25H29NO6. The van der Waals surface area contributed by atoms with E-state index in [1.54, 1.807) is 48.5 Å². The summed E-state index contributed by atoms with van der Waals surface area (Å²) >= 11 is 0. The first-order chi connectivity index (χ1) is 15.5. The smallest absolute Gasteiger partial charge is 0.295 e. The Labute approximate surface area is 187 Å². The number of hydrogen-bond donors (Lipinski definition) is 2. The SMILES string of the molecule is CCCOc1cccc(/C(O)=C2/C(=O)C(=O)N(CCC)C2c2cccc(OCCO)c2)c1. The van der Waals surface area contributed by atoms with Gasteiger partial charge in [0.2, 0.25) is 0 Å². The average molecular weight is 440 g/mol. The molecule has 0 spiro atoms. The molecule has 0 bridgehead atoms. The number of Topliss-reactive ketones (excluding diaryl/α,β-unsaturated/α-hetero) is 1. The molecule has 0 radical (unpaired) electrons. The van der Waals surface area contributed by atoms with Crippen molar-refractivity contribution in [3.63, 3.8) is 0 Å². The maximum Gasteiger partial charge on any atom is 0.295 e. The van der Waals surface area contributed by atoms with Crippen LogP contribution in [-0.2, 0) is 9.59 Å². The Morgan fingerprint density at radius 1 is 0.969 bits per heavy atom. The van der Waals surface area contributed by atoms with E-state index < -0.39 is 17.7 Å². The number of rotatable bonds is 10.